The number of fused-ring (bicyclic) bond motifs is 1. The minimum absolute atomic E-state index is 0.0328. The summed E-state index contributed by atoms with van der Waals surface area (Å²) in [5.41, 5.74) is 1.36. The van der Waals surface area contributed by atoms with Gasteiger partial charge in [-0.3, -0.25) is 9.78 Å². The van der Waals surface area contributed by atoms with Gasteiger partial charge in [-0.1, -0.05) is 0 Å². The Kier molecular flexibility index (Phi) is 9.47. The van der Waals surface area contributed by atoms with Crippen LogP contribution in [-0.2, 0) is 4.79 Å². The van der Waals surface area contributed by atoms with Crippen LogP contribution in [0.15, 0.2) is 53.8 Å². The van der Waals surface area contributed by atoms with E-state index in [4.69, 9.17) is 4.74 Å². The lowest BCUT2D eigenvalue weighted by Gasteiger charge is -2.38. The van der Waals surface area contributed by atoms with Gasteiger partial charge in [0.25, 0.3) is 0 Å². The van der Waals surface area contributed by atoms with Crippen LogP contribution in [0.5, 0.6) is 5.75 Å². The first-order valence-corrected chi connectivity index (χ1v) is 13.4. The van der Waals surface area contributed by atoms with Gasteiger partial charge in [-0.25, -0.2) is 4.39 Å². The number of pyridine rings is 1. The maximum atomic E-state index is 15.5. The van der Waals surface area contributed by atoms with Gasteiger partial charge in [0, 0.05) is 36.5 Å². The molecule has 3 aromatic rings. The first kappa shape index (κ1) is 26.3. The molecule has 1 fully saturated rings. The molecule has 1 aromatic carbocycles. The quantitative estimate of drug-likeness (QED) is 0.254. The number of aliphatic carboxylic acids is 1. The van der Waals surface area contributed by atoms with Crippen LogP contribution in [0.1, 0.15) is 43.8 Å². The molecule has 0 amide bonds. The zero-order valence-electron chi connectivity index (χ0n) is 20.6. The van der Waals surface area contributed by atoms with Crippen LogP contribution >= 0.6 is 11.8 Å². The van der Waals surface area contributed by atoms with Crippen molar-refractivity contribution in [3.63, 3.8) is 0 Å². The van der Waals surface area contributed by atoms with E-state index < -0.39 is 12.1 Å². The number of hydrogen-bond acceptors (Lipinski definition) is 7. The number of benzene rings is 1. The number of ether oxygens (including phenoxy) is 1. The fourth-order valence-corrected chi connectivity index (χ4v) is 5.85. The molecule has 1 N–H and O–H groups in total. The van der Waals surface area contributed by atoms with Crippen molar-refractivity contribution in [1.82, 2.24) is 20.1 Å². The fourth-order valence-electron chi connectivity index (χ4n) is 5.09. The Morgan fingerprint density at radius 3 is 2.94 bits per heavy atom. The summed E-state index contributed by atoms with van der Waals surface area (Å²) in [7, 11) is 1.59. The molecule has 3 atom stereocenters. The lowest BCUT2D eigenvalue weighted by Crippen LogP contribution is -2.42. The zero-order valence-corrected chi connectivity index (χ0v) is 21.4. The number of alkyl halides is 1. The topological polar surface area (TPSA) is 88.4 Å². The number of nitrogens with zero attached hydrogens (tertiary/aromatic N) is 4. The van der Waals surface area contributed by atoms with E-state index in [1.165, 1.54) is 0 Å². The third kappa shape index (κ3) is 7.13. The summed E-state index contributed by atoms with van der Waals surface area (Å²) in [6, 6.07) is 11.1. The van der Waals surface area contributed by atoms with Crippen molar-refractivity contribution in [3.8, 4) is 5.75 Å². The number of carboxylic acid groups (broad SMARTS) is 1. The molecule has 0 aliphatic carbocycles. The number of aromatic nitrogens is 3. The molecule has 0 bridgehead atoms. The molecule has 0 saturated carbocycles. The smallest absolute Gasteiger partial charge is 0.303 e. The fraction of sp³-hybridized carbons (Fsp3) is 0.481. The van der Waals surface area contributed by atoms with Crippen LogP contribution in [0.4, 0.5) is 4.39 Å². The molecule has 192 valence electrons. The average Bonchev–Trinajstić information content (AvgIpc) is 2.90. The van der Waals surface area contributed by atoms with Crippen LogP contribution in [0, 0.1) is 11.8 Å². The van der Waals surface area contributed by atoms with E-state index in [1.807, 2.05) is 30.3 Å². The summed E-state index contributed by atoms with van der Waals surface area (Å²) in [5, 5.41) is 19.2. The molecular weight excluding hydrogens is 479 g/mol. The first-order valence-electron chi connectivity index (χ1n) is 12.4. The molecule has 3 heterocycles. The van der Waals surface area contributed by atoms with Gasteiger partial charge in [0.2, 0.25) is 0 Å². The highest BCUT2D eigenvalue weighted by atomic mass is 32.2. The van der Waals surface area contributed by atoms with Crippen LogP contribution < -0.4 is 4.74 Å². The van der Waals surface area contributed by atoms with Gasteiger partial charge in [0.05, 0.1) is 12.6 Å². The Morgan fingerprint density at radius 2 is 2.17 bits per heavy atom. The number of methoxy groups -OCH3 is 1. The van der Waals surface area contributed by atoms with Crippen LogP contribution in [0.2, 0.25) is 0 Å². The number of hydrogen-bond donors (Lipinski definition) is 1. The van der Waals surface area contributed by atoms with Crippen molar-refractivity contribution in [2.75, 3.05) is 32.5 Å². The van der Waals surface area contributed by atoms with Crippen LogP contribution in [0.25, 0.3) is 10.9 Å². The Morgan fingerprint density at radius 1 is 1.28 bits per heavy atom. The first-order chi connectivity index (χ1) is 17.5. The van der Waals surface area contributed by atoms with E-state index in [-0.39, 0.29) is 18.3 Å². The van der Waals surface area contributed by atoms with Gasteiger partial charge in [0.1, 0.15) is 16.9 Å². The number of halogens is 1. The molecular formula is C27H33FN4O3S. The summed E-state index contributed by atoms with van der Waals surface area (Å²) < 4.78 is 20.8. The largest absolute Gasteiger partial charge is 0.497 e. The van der Waals surface area contributed by atoms with Gasteiger partial charge in [-0.15, -0.1) is 16.9 Å². The van der Waals surface area contributed by atoms with Gasteiger partial charge in [-0.2, -0.15) is 5.10 Å². The summed E-state index contributed by atoms with van der Waals surface area (Å²) in [4.78, 5) is 18.3. The van der Waals surface area contributed by atoms with Crippen molar-refractivity contribution in [2.45, 2.75) is 43.3 Å². The van der Waals surface area contributed by atoms with E-state index in [0.29, 0.717) is 24.2 Å². The van der Waals surface area contributed by atoms with Gasteiger partial charge in [-0.05, 0) is 92.6 Å². The van der Waals surface area contributed by atoms with Crippen LogP contribution in [0.3, 0.4) is 0 Å². The van der Waals surface area contributed by atoms with E-state index >= 15 is 4.39 Å². The molecule has 1 aliphatic rings. The van der Waals surface area contributed by atoms with Crippen molar-refractivity contribution < 1.29 is 19.0 Å². The van der Waals surface area contributed by atoms with E-state index in [0.717, 1.165) is 54.2 Å². The van der Waals surface area contributed by atoms with Gasteiger partial charge >= 0.3 is 5.97 Å². The predicted octanol–water partition coefficient (Wildman–Crippen LogP) is 5.42. The second-order valence-electron chi connectivity index (χ2n) is 9.30. The van der Waals surface area contributed by atoms with Crippen LogP contribution in [-0.4, -0.2) is 63.7 Å². The molecule has 36 heavy (non-hydrogen) atoms. The lowest BCUT2D eigenvalue weighted by atomic mass is 9.79. The molecule has 1 saturated heterocycles. The predicted molar refractivity (Wildman–Crippen MR) is 139 cm³/mol. The normalized spacial score (nSPS) is 19.3. The molecule has 9 heteroatoms. The third-order valence-electron chi connectivity index (χ3n) is 6.94. The maximum absolute atomic E-state index is 15.5. The molecule has 7 nitrogen and oxygen atoms in total. The SMILES string of the molecule is COc1ccc2nccc([C@H](F)CC[C@@H]3CCN(CCCSc4cccnn4)C[C@@H]3CC(=O)O)c2c1. The molecule has 2 aromatic heterocycles. The number of carboxylic acids is 1. The highest BCUT2D eigenvalue weighted by Gasteiger charge is 2.31. The third-order valence-corrected chi connectivity index (χ3v) is 7.95. The molecule has 1 aliphatic heterocycles. The monoisotopic (exact) mass is 512 g/mol. The van der Waals surface area contributed by atoms with E-state index in [1.54, 1.807) is 37.3 Å². The Bertz CT molecular complexity index is 1140. The minimum Gasteiger partial charge on any atom is -0.497 e. The molecule has 0 radical (unpaired) electrons. The molecule has 4 rings (SSSR count). The molecule has 0 spiro atoms. The van der Waals surface area contributed by atoms with Crippen molar-refractivity contribution >= 4 is 28.6 Å². The number of carbonyl (C=O) groups is 1. The summed E-state index contributed by atoms with van der Waals surface area (Å²) >= 11 is 1.68. The average molecular weight is 513 g/mol. The van der Waals surface area contributed by atoms with Crippen molar-refractivity contribution in [3.05, 3.63) is 54.4 Å². The zero-order chi connectivity index (χ0) is 25.3. The second kappa shape index (κ2) is 13.0. The standard InChI is InChI=1S/C27H33FN4O3S/c1-35-21-6-8-25-23(17-21)22(9-12-29-25)24(28)7-5-19-10-14-32(18-20(19)16-27(33)34)13-3-15-36-26-4-2-11-30-31-26/h2,4,6,8-9,11-12,17,19-20,24H,3,5,7,10,13-16,18H2,1H3,(H,33,34)/t19-,20+,24-/m1/s1. The lowest BCUT2D eigenvalue weighted by molar-refractivity contribution is -0.139. The summed E-state index contributed by atoms with van der Waals surface area (Å²) in [5.74, 6) is 1.07. The molecule has 0 unspecified atom stereocenters. The Labute approximate surface area is 215 Å². The van der Waals surface area contributed by atoms with E-state index in [9.17, 15) is 9.90 Å². The summed E-state index contributed by atoms with van der Waals surface area (Å²) in [6.45, 7) is 2.59. The highest BCUT2D eigenvalue weighted by molar-refractivity contribution is 7.99. The van der Waals surface area contributed by atoms with Gasteiger partial charge in [0.15, 0.2) is 0 Å². The van der Waals surface area contributed by atoms with Gasteiger partial charge < -0.3 is 14.7 Å². The highest BCUT2D eigenvalue weighted by Crippen LogP contribution is 2.36. The number of rotatable bonds is 12. The van der Waals surface area contributed by atoms with E-state index in [2.05, 4.69) is 20.1 Å². The number of likely N-dealkylation sites (tertiary alicyclic amines) is 1. The Balaban J connectivity index is 1.31. The minimum atomic E-state index is -1.13. The number of thioether (sulfide) groups is 1. The second-order valence-corrected chi connectivity index (χ2v) is 10.4. The van der Waals surface area contributed by atoms with Crippen molar-refractivity contribution in [1.29, 1.82) is 0 Å². The Hall–Kier alpha value is -2.78. The summed E-state index contributed by atoms with van der Waals surface area (Å²) in [6.07, 6.45) is 5.23. The maximum Gasteiger partial charge on any atom is 0.303 e. The number of piperidine rings is 1. The van der Waals surface area contributed by atoms with Crippen molar-refractivity contribution in [2.24, 2.45) is 11.8 Å².